The highest BCUT2D eigenvalue weighted by atomic mass is 35.5. The molecule has 1 saturated heterocycles. The van der Waals surface area contributed by atoms with Crippen molar-refractivity contribution in [2.24, 2.45) is 13.0 Å². The van der Waals surface area contributed by atoms with Crippen LogP contribution in [0.1, 0.15) is 12.1 Å². The van der Waals surface area contributed by atoms with Crippen LogP contribution < -0.4 is 9.64 Å². The van der Waals surface area contributed by atoms with Crippen LogP contribution in [0, 0.1) is 5.92 Å². The zero-order valence-electron chi connectivity index (χ0n) is 15.8. The Morgan fingerprint density at radius 2 is 2.25 bits per heavy atom. The number of methoxy groups -OCH3 is 1. The minimum atomic E-state index is -0.479. The molecule has 2 aromatic rings. The van der Waals surface area contributed by atoms with Crippen LogP contribution in [0.25, 0.3) is 0 Å². The van der Waals surface area contributed by atoms with Gasteiger partial charge in [0.25, 0.3) is 0 Å². The van der Waals surface area contributed by atoms with E-state index in [4.69, 9.17) is 16.3 Å². The van der Waals surface area contributed by atoms with Gasteiger partial charge >= 0.3 is 0 Å². The first kappa shape index (κ1) is 20.2. The number of carbonyl (C=O) groups excluding carboxylic acids is 2. The average Bonchev–Trinajstić information content (AvgIpc) is 3.26. The predicted octanol–water partition coefficient (Wildman–Crippen LogP) is 1.46. The molecule has 1 unspecified atom stereocenters. The quantitative estimate of drug-likeness (QED) is 0.752. The molecule has 150 valence electrons. The number of rotatable bonds is 7. The molecular weight excluding hydrogens is 384 g/mol. The summed E-state index contributed by atoms with van der Waals surface area (Å²) in [6, 6.07) is 5.10. The van der Waals surface area contributed by atoms with Gasteiger partial charge in [-0.15, -0.1) is 0 Å². The molecule has 1 fully saturated rings. The van der Waals surface area contributed by atoms with Gasteiger partial charge in [-0.3, -0.25) is 9.59 Å². The van der Waals surface area contributed by atoms with Gasteiger partial charge in [0.2, 0.25) is 11.8 Å². The Labute approximate surface area is 168 Å². The van der Waals surface area contributed by atoms with Gasteiger partial charge in [-0.25, -0.2) is 4.98 Å². The highest BCUT2D eigenvalue weighted by Gasteiger charge is 2.37. The molecule has 2 amide bonds. The van der Waals surface area contributed by atoms with E-state index in [0.29, 0.717) is 23.0 Å². The highest BCUT2D eigenvalue weighted by molar-refractivity contribution is 6.32. The molecule has 3 rings (SSSR count). The number of aliphatic hydroxyl groups is 1. The van der Waals surface area contributed by atoms with Crippen molar-refractivity contribution in [2.75, 3.05) is 31.7 Å². The SMILES string of the molecule is COc1ccc(N2CC(C(=O)N(CCO)Cc3cncn3C)CC2=O)cc1Cl. The number of carbonyl (C=O) groups is 2. The van der Waals surface area contributed by atoms with Crippen molar-refractivity contribution in [3.63, 3.8) is 0 Å². The molecule has 1 atom stereocenters. The van der Waals surface area contributed by atoms with Crippen LogP contribution in [-0.4, -0.2) is 58.2 Å². The number of halogens is 1. The number of imidazole rings is 1. The number of hydrogen-bond acceptors (Lipinski definition) is 5. The number of anilines is 1. The van der Waals surface area contributed by atoms with E-state index in [9.17, 15) is 14.7 Å². The summed E-state index contributed by atoms with van der Waals surface area (Å²) in [6.07, 6.45) is 3.46. The number of nitrogens with zero attached hydrogens (tertiary/aromatic N) is 4. The van der Waals surface area contributed by atoms with E-state index in [1.54, 1.807) is 40.5 Å². The second-order valence-corrected chi connectivity index (χ2v) is 7.11. The number of aliphatic hydroxyl groups excluding tert-OH is 1. The second-order valence-electron chi connectivity index (χ2n) is 6.70. The van der Waals surface area contributed by atoms with Crippen LogP contribution in [-0.2, 0) is 23.2 Å². The molecule has 1 aromatic heterocycles. The number of ether oxygens (including phenoxy) is 1. The zero-order valence-corrected chi connectivity index (χ0v) is 16.6. The molecule has 1 aliphatic heterocycles. The molecule has 0 aliphatic carbocycles. The Bertz CT molecular complexity index is 869. The monoisotopic (exact) mass is 406 g/mol. The number of benzene rings is 1. The Kier molecular flexibility index (Phi) is 6.21. The summed E-state index contributed by atoms with van der Waals surface area (Å²) >= 11 is 6.17. The predicted molar refractivity (Wildman–Crippen MR) is 104 cm³/mol. The van der Waals surface area contributed by atoms with Gasteiger partial charge in [-0.2, -0.15) is 0 Å². The fourth-order valence-electron chi connectivity index (χ4n) is 3.32. The van der Waals surface area contributed by atoms with E-state index in [0.717, 1.165) is 5.69 Å². The highest BCUT2D eigenvalue weighted by Crippen LogP contribution is 2.32. The molecule has 0 bridgehead atoms. The van der Waals surface area contributed by atoms with E-state index in [-0.39, 0.29) is 37.9 Å². The van der Waals surface area contributed by atoms with Gasteiger partial charge < -0.3 is 24.2 Å². The Balaban J connectivity index is 1.74. The standard InChI is InChI=1S/C19H23ClN4O4/c1-22-12-21-9-15(22)11-23(5-6-25)19(27)13-7-18(26)24(10-13)14-3-4-17(28-2)16(20)8-14/h3-4,8-9,12-13,25H,5-7,10-11H2,1-2H3. The van der Waals surface area contributed by atoms with E-state index in [1.165, 1.54) is 7.11 Å². The second kappa shape index (κ2) is 8.62. The van der Waals surface area contributed by atoms with E-state index in [2.05, 4.69) is 4.98 Å². The molecule has 2 heterocycles. The summed E-state index contributed by atoms with van der Waals surface area (Å²) in [7, 11) is 3.37. The van der Waals surface area contributed by atoms with Crippen LogP contribution >= 0.6 is 11.6 Å². The Morgan fingerprint density at radius 1 is 1.46 bits per heavy atom. The van der Waals surface area contributed by atoms with Crippen molar-refractivity contribution in [2.45, 2.75) is 13.0 Å². The third-order valence-electron chi connectivity index (χ3n) is 4.87. The molecule has 9 heteroatoms. The zero-order chi connectivity index (χ0) is 20.3. The lowest BCUT2D eigenvalue weighted by molar-refractivity contribution is -0.137. The van der Waals surface area contributed by atoms with Gasteiger partial charge in [0.05, 0.1) is 43.2 Å². The maximum Gasteiger partial charge on any atom is 0.228 e. The minimum Gasteiger partial charge on any atom is -0.495 e. The van der Waals surface area contributed by atoms with Gasteiger partial charge in [0, 0.05) is 38.4 Å². The smallest absolute Gasteiger partial charge is 0.228 e. The molecule has 1 aliphatic rings. The summed E-state index contributed by atoms with van der Waals surface area (Å²) in [5.41, 5.74) is 1.48. The summed E-state index contributed by atoms with van der Waals surface area (Å²) in [4.78, 5) is 32.7. The van der Waals surface area contributed by atoms with Crippen molar-refractivity contribution in [3.8, 4) is 5.75 Å². The third-order valence-corrected chi connectivity index (χ3v) is 5.17. The molecule has 0 spiro atoms. The van der Waals surface area contributed by atoms with Gasteiger partial charge in [-0.1, -0.05) is 11.6 Å². The number of aromatic nitrogens is 2. The fourth-order valence-corrected chi connectivity index (χ4v) is 3.58. The summed E-state index contributed by atoms with van der Waals surface area (Å²) in [5.74, 6) is -0.252. The number of amides is 2. The molecule has 28 heavy (non-hydrogen) atoms. The van der Waals surface area contributed by atoms with E-state index >= 15 is 0 Å². The molecule has 0 radical (unpaired) electrons. The van der Waals surface area contributed by atoms with Crippen LogP contribution in [0.15, 0.2) is 30.7 Å². The third kappa shape index (κ3) is 4.13. The molecule has 8 nitrogen and oxygen atoms in total. The van der Waals surface area contributed by atoms with Gasteiger partial charge in [0.1, 0.15) is 5.75 Å². The van der Waals surface area contributed by atoms with Crippen molar-refractivity contribution >= 4 is 29.1 Å². The van der Waals surface area contributed by atoms with Gasteiger partial charge in [0.15, 0.2) is 0 Å². The minimum absolute atomic E-state index is 0.121. The van der Waals surface area contributed by atoms with E-state index in [1.807, 2.05) is 11.6 Å². The van der Waals surface area contributed by atoms with Crippen molar-refractivity contribution in [3.05, 3.63) is 41.4 Å². The van der Waals surface area contributed by atoms with Gasteiger partial charge in [-0.05, 0) is 18.2 Å². The lowest BCUT2D eigenvalue weighted by atomic mass is 10.1. The van der Waals surface area contributed by atoms with Crippen LogP contribution in [0.5, 0.6) is 5.75 Å². The van der Waals surface area contributed by atoms with Crippen LogP contribution in [0.4, 0.5) is 5.69 Å². The summed E-state index contributed by atoms with van der Waals surface area (Å²) in [6.45, 7) is 0.647. The largest absolute Gasteiger partial charge is 0.495 e. The summed E-state index contributed by atoms with van der Waals surface area (Å²) < 4.78 is 6.96. The molecule has 1 aromatic carbocycles. The maximum atomic E-state index is 13.0. The summed E-state index contributed by atoms with van der Waals surface area (Å²) in [5, 5.41) is 9.77. The topological polar surface area (TPSA) is 87.9 Å². The van der Waals surface area contributed by atoms with Crippen LogP contribution in [0.3, 0.4) is 0 Å². The normalized spacial score (nSPS) is 16.5. The average molecular weight is 407 g/mol. The first-order valence-electron chi connectivity index (χ1n) is 8.93. The molecule has 1 N–H and O–H groups in total. The van der Waals surface area contributed by atoms with Crippen LogP contribution in [0.2, 0.25) is 5.02 Å². The Morgan fingerprint density at radius 3 is 2.86 bits per heavy atom. The number of aryl methyl sites for hydroxylation is 1. The van der Waals surface area contributed by atoms with E-state index < -0.39 is 5.92 Å². The van der Waals surface area contributed by atoms with Crippen molar-refractivity contribution in [1.29, 1.82) is 0 Å². The Hall–Kier alpha value is -2.58. The molecule has 0 saturated carbocycles. The first-order chi connectivity index (χ1) is 13.4. The first-order valence-corrected chi connectivity index (χ1v) is 9.31. The number of hydrogen-bond donors (Lipinski definition) is 1. The maximum absolute atomic E-state index is 13.0. The fraction of sp³-hybridized carbons (Fsp3) is 0.421. The molecular formula is C19H23ClN4O4. The lowest BCUT2D eigenvalue weighted by Crippen LogP contribution is -2.39. The van der Waals surface area contributed by atoms with Crippen molar-refractivity contribution < 1.29 is 19.4 Å². The lowest BCUT2D eigenvalue weighted by Gasteiger charge is -2.25. The van der Waals surface area contributed by atoms with Crippen molar-refractivity contribution in [1.82, 2.24) is 14.5 Å².